The molecule has 3 rings (SSSR count). The van der Waals surface area contributed by atoms with E-state index in [9.17, 15) is 4.79 Å². The van der Waals surface area contributed by atoms with Crippen LogP contribution in [-0.4, -0.2) is 23.5 Å². The second kappa shape index (κ2) is 8.86. The van der Waals surface area contributed by atoms with Crippen LogP contribution in [0.4, 0.5) is 5.69 Å². The molecule has 4 heteroatoms. The molecule has 0 bridgehead atoms. The highest BCUT2D eigenvalue weighted by atomic mass is 16.1. The Balaban J connectivity index is 1.49. The second-order valence-electron chi connectivity index (χ2n) is 7.06. The summed E-state index contributed by atoms with van der Waals surface area (Å²) < 4.78 is 0. The third-order valence-electron chi connectivity index (χ3n) is 5.10. The van der Waals surface area contributed by atoms with Crippen LogP contribution in [0.1, 0.15) is 74.6 Å². The van der Waals surface area contributed by atoms with E-state index in [4.69, 9.17) is 0 Å². The summed E-state index contributed by atoms with van der Waals surface area (Å²) >= 11 is 0. The van der Waals surface area contributed by atoms with Gasteiger partial charge in [-0.3, -0.25) is 9.78 Å². The monoisotopic (exact) mass is 327 g/mol. The van der Waals surface area contributed by atoms with Gasteiger partial charge in [-0.15, -0.1) is 0 Å². The van der Waals surface area contributed by atoms with Crippen molar-refractivity contribution in [2.24, 2.45) is 0 Å². The Morgan fingerprint density at radius 1 is 1.12 bits per heavy atom. The van der Waals surface area contributed by atoms with Crippen LogP contribution in [0.25, 0.3) is 0 Å². The number of hydrogen-bond donors (Lipinski definition) is 2. The number of nitrogens with one attached hydrogen (secondary N) is 2. The van der Waals surface area contributed by atoms with Gasteiger partial charge in [0.05, 0.1) is 11.3 Å². The Morgan fingerprint density at radius 3 is 2.79 bits per heavy atom. The average molecular weight is 327 g/mol. The van der Waals surface area contributed by atoms with Crippen molar-refractivity contribution in [2.75, 3.05) is 11.9 Å². The summed E-state index contributed by atoms with van der Waals surface area (Å²) in [6, 6.07) is 2.25. The quantitative estimate of drug-likeness (QED) is 0.759. The first-order chi connectivity index (χ1) is 11.8. The van der Waals surface area contributed by atoms with Gasteiger partial charge in [-0.25, -0.2) is 0 Å². The first-order valence-corrected chi connectivity index (χ1v) is 9.49. The lowest BCUT2D eigenvalue weighted by Crippen LogP contribution is -2.36. The van der Waals surface area contributed by atoms with Gasteiger partial charge in [-0.1, -0.05) is 30.9 Å². The number of rotatable bonds is 6. The Labute approximate surface area is 145 Å². The number of carbonyl (C=O) groups excluding carboxylic acids is 1. The van der Waals surface area contributed by atoms with Gasteiger partial charge in [0.1, 0.15) is 0 Å². The molecule has 1 aromatic heterocycles. The molecular formula is C20H29N3O. The molecule has 0 saturated heterocycles. The summed E-state index contributed by atoms with van der Waals surface area (Å²) in [5.41, 5.74) is 3.15. The van der Waals surface area contributed by atoms with E-state index in [-0.39, 0.29) is 5.91 Å². The number of carbonyl (C=O) groups is 1. The van der Waals surface area contributed by atoms with Gasteiger partial charge in [-0.05, 0) is 51.0 Å². The molecule has 1 amide bonds. The van der Waals surface area contributed by atoms with Crippen molar-refractivity contribution >= 4 is 11.6 Å². The molecule has 0 radical (unpaired) electrons. The van der Waals surface area contributed by atoms with E-state index in [1.807, 2.05) is 6.07 Å². The van der Waals surface area contributed by atoms with Gasteiger partial charge in [-0.2, -0.15) is 0 Å². The van der Waals surface area contributed by atoms with Crippen molar-refractivity contribution in [1.82, 2.24) is 10.3 Å². The first-order valence-electron chi connectivity index (χ1n) is 9.49. The number of aromatic nitrogens is 1. The molecule has 1 fully saturated rings. The highest BCUT2D eigenvalue weighted by Gasteiger charge is 2.17. The van der Waals surface area contributed by atoms with Crippen molar-refractivity contribution in [3.05, 3.63) is 35.7 Å². The average Bonchev–Trinajstić information content (AvgIpc) is 2.64. The zero-order valence-electron chi connectivity index (χ0n) is 14.5. The Morgan fingerprint density at radius 2 is 2.00 bits per heavy atom. The molecule has 0 aliphatic heterocycles. The number of allylic oxidation sites excluding steroid dienone is 1. The van der Waals surface area contributed by atoms with E-state index in [1.54, 1.807) is 18.0 Å². The fourth-order valence-corrected chi connectivity index (χ4v) is 3.68. The van der Waals surface area contributed by atoms with E-state index in [1.165, 1.54) is 44.9 Å². The molecule has 2 aliphatic rings. The molecule has 4 nitrogen and oxygen atoms in total. The van der Waals surface area contributed by atoms with E-state index in [0.717, 1.165) is 31.5 Å². The van der Waals surface area contributed by atoms with Crippen molar-refractivity contribution in [3.63, 3.8) is 0 Å². The molecule has 2 aliphatic carbocycles. The molecule has 0 atom stereocenters. The molecular weight excluding hydrogens is 298 g/mol. The van der Waals surface area contributed by atoms with Gasteiger partial charge in [0, 0.05) is 25.0 Å². The molecule has 0 unspecified atom stereocenters. The summed E-state index contributed by atoms with van der Waals surface area (Å²) in [7, 11) is 0. The normalized spacial score (nSPS) is 18.8. The van der Waals surface area contributed by atoms with Crippen molar-refractivity contribution in [1.29, 1.82) is 0 Å². The lowest BCUT2D eigenvalue weighted by atomic mass is 9.95. The molecule has 1 aromatic rings. The van der Waals surface area contributed by atoms with Gasteiger partial charge >= 0.3 is 0 Å². The number of anilines is 1. The van der Waals surface area contributed by atoms with Crippen LogP contribution in [0.5, 0.6) is 0 Å². The van der Waals surface area contributed by atoms with E-state index in [0.29, 0.717) is 11.6 Å². The largest absolute Gasteiger partial charge is 0.383 e. The number of pyridine rings is 1. The highest BCUT2D eigenvalue weighted by Crippen LogP contribution is 2.20. The van der Waals surface area contributed by atoms with Crippen LogP contribution < -0.4 is 10.6 Å². The third-order valence-corrected chi connectivity index (χ3v) is 5.10. The summed E-state index contributed by atoms with van der Waals surface area (Å²) in [6.45, 7) is 0.904. The van der Waals surface area contributed by atoms with Crippen LogP contribution in [-0.2, 0) is 0 Å². The third kappa shape index (κ3) is 5.08. The molecule has 2 N–H and O–H groups in total. The highest BCUT2D eigenvalue weighted by molar-refractivity contribution is 5.94. The van der Waals surface area contributed by atoms with Crippen LogP contribution in [0, 0.1) is 0 Å². The minimum absolute atomic E-state index is 0.00744. The second-order valence-corrected chi connectivity index (χ2v) is 7.06. The standard InChI is InChI=1S/C20H29N3O/c24-20(23-18-9-5-2-6-10-18)17-13-19(15-21-14-17)22-12-11-16-7-3-1-4-8-16/h7,13-15,18,22H,1-6,8-12H2,(H,23,24). The maximum Gasteiger partial charge on any atom is 0.253 e. The predicted octanol–water partition coefficient (Wildman–Crippen LogP) is 4.45. The summed E-state index contributed by atoms with van der Waals surface area (Å²) in [5, 5.41) is 6.56. The molecule has 1 heterocycles. The fraction of sp³-hybridized carbons (Fsp3) is 0.600. The molecule has 0 spiro atoms. The predicted molar refractivity (Wildman–Crippen MR) is 98.2 cm³/mol. The van der Waals surface area contributed by atoms with Gasteiger partial charge in [0.15, 0.2) is 0 Å². The van der Waals surface area contributed by atoms with Crippen LogP contribution in [0.3, 0.4) is 0 Å². The smallest absolute Gasteiger partial charge is 0.253 e. The Bertz CT molecular complexity index is 576. The topological polar surface area (TPSA) is 54.0 Å². The van der Waals surface area contributed by atoms with Gasteiger partial charge in [0.2, 0.25) is 0 Å². The lowest BCUT2D eigenvalue weighted by molar-refractivity contribution is 0.0927. The van der Waals surface area contributed by atoms with E-state index in [2.05, 4.69) is 21.7 Å². The van der Waals surface area contributed by atoms with Gasteiger partial charge < -0.3 is 10.6 Å². The number of hydrogen-bond acceptors (Lipinski definition) is 3. The minimum atomic E-state index is 0.00744. The summed E-state index contributed by atoms with van der Waals surface area (Å²) in [4.78, 5) is 16.6. The number of nitrogens with zero attached hydrogens (tertiary/aromatic N) is 1. The van der Waals surface area contributed by atoms with Crippen LogP contribution in [0.15, 0.2) is 30.1 Å². The van der Waals surface area contributed by atoms with Gasteiger partial charge in [0.25, 0.3) is 5.91 Å². The summed E-state index contributed by atoms with van der Waals surface area (Å²) in [6.07, 6.45) is 18.0. The van der Waals surface area contributed by atoms with Crippen LogP contribution in [0.2, 0.25) is 0 Å². The molecule has 0 aromatic carbocycles. The molecule has 24 heavy (non-hydrogen) atoms. The number of amides is 1. The van der Waals surface area contributed by atoms with Crippen LogP contribution >= 0.6 is 0 Å². The summed E-state index contributed by atoms with van der Waals surface area (Å²) in [5.74, 6) is 0.00744. The maximum atomic E-state index is 12.4. The first kappa shape index (κ1) is 17.0. The van der Waals surface area contributed by atoms with Crippen molar-refractivity contribution in [3.8, 4) is 0 Å². The maximum absolute atomic E-state index is 12.4. The Hall–Kier alpha value is -1.84. The SMILES string of the molecule is O=C(NC1CCCCC1)c1cncc(NCCC2=CCCCC2)c1. The minimum Gasteiger partial charge on any atom is -0.383 e. The fourth-order valence-electron chi connectivity index (χ4n) is 3.68. The zero-order chi connectivity index (χ0) is 16.6. The zero-order valence-corrected chi connectivity index (χ0v) is 14.5. The molecule has 1 saturated carbocycles. The Kier molecular flexibility index (Phi) is 6.27. The lowest BCUT2D eigenvalue weighted by Gasteiger charge is -2.22. The van der Waals surface area contributed by atoms with Crippen molar-refractivity contribution in [2.45, 2.75) is 70.3 Å². The van der Waals surface area contributed by atoms with E-state index < -0.39 is 0 Å². The molecule has 130 valence electrons. The van der Waals surface area contributed by atoms with E-state index >= 15 is 0 Å². The van der Waals surface area contributed by atoms with Crippen molar-refractivity contribution < 1.29 is 4.79 Å².